The predicted molar refractivity (Wildman–Crippen MR) is 91.3 cm³/mol. The maximum absolute atomic E-state index is 12.2. The highest BCUT2D eigenvalue weighted by Crippen LogP contribution is 2.16. The number of hydrogen-bond donors (Lipinski definition) is 2. The molecule has 0 heterocycles. The number of amides is 1. The fourth-order valence-electron chi connectivity index (χ4n) is 2.00. The molecule has 0 aliphatic rings. The van der Waals surface area contributed by atoms with Crippen LogP contribution in [0.15, 0.2) is 47.4 Å². The summed E-state index contributed by atoms with van der Waals surface area (Å²) in [6.45, 7) is 3.22. The molecule has 0 spiro atoms. The van der Waals surface area contributed by atoms with E-state index in [1.807, 2.05) is 6.92 Å². The second-order valence-electron chi connectivity index (χ2n) is 5.17. The molecule has 0 saturated carbocycles. The van der Waals surface area contributed by atoms with Gasteiger partial charge in [-0.3, -0.25) is 10.2 Å². The van der Waals surface area contributed by atoms with Gasteiger partial charge in [0.05, 0.1) is 4.90 Å². The highest BCUT2D eigenvalue weighted by molar-refractivity contribution is 7.89. The molecule has 128 valence electrons. The van der Waals surface area contributed by atoms with Crippen molar-refractivity contribution in [3.05, 3.63) is 58.6 Å². The van der Waals surface area contributed by atoms with Crippen molar-refractivity contribution in [3.63, 3.8) is 0 Å². The number of nitrogens with one attached hydrogen (secondary N) is 2. The van der Waals surface area contributed by atoms with E-state index in [2.05, 4.69) is 10.3 Å². The molecule has 0 atom stereocenters. The van der Waals surface area contributed by atoms with Crippen LogP contribution in [0.1, 0.15) is 11.1 Å². The fourth-order valence-corrected chi connectivity index (χ4v) is 3.21. The molecule has 0 aromatic heterocycles. The van der Waals surface area contributed by atoms with Crippen molar-refractivity contribution in [2.75, 3.05) is 6.61 Å². The molecule has 2 N–H and O–H groups in total. The summed E-state index contributed by atoms with van der Waals surface area (Å²) < 4.78 is 29.6. The van der Waals surface area contributed by atoms with Gasteiger partial charge in [-0.15, -0.1) is 4.83 Å². The molecule has 0 aliphatic carbocycles. The van der Waals surface area contributed by atoms with Crippen LogP contribution in [0.5, 0.6) is 5.75 Å². The summed E-state index contributed by atoms with van der Waals surface area (Å²) in [7, 11) is -3.85. The van der Waals surface area contributed by atoms with Gasteiger partial charge in [0.15, 0.2) is 6.61 Å². The Morgan fingerprint density at radius 2 is 1.79 bits per heavy atom. The Bertz CT molecular complexity index is 836. The van der Waals surface area contributed by atoms with Gasteiger partial charge >= 0.3 is 0 Å². The molecule has 0 bridgehead atoms. The molecular formula is C16H17ClN2O4S. The van der Waals surface area contributed by atoms with Crippen molar-refractivity contribution in [2.24, 2.45) is 0 Å². The van der Waals surface area contributed by atoms with Crippen molar-refractivity contribution in [2.45, 2.75) is 18.7 Å². The number of benzene rings is 2. The Kier molecular flexibility index (Phi) is 5.82. The van der Waals surface area contributed by atoms with Crippen LogP contribution >= 0.6 is 11.6 Å². The van der Waals surface area contributed by atoms with Crippen LogP contribution in [-0.4, -0.2) is 20.9 Å². The molecule has 6 nitrogen and oxygen atoms in total. The third kappa shape index (κ3) is 4.95. The molecule has 0 saturated heterocycles. The molecule has 2 aromatic rings. The number of ether oxygens (including phenoxy) is 1. The van der Waals surface area contributed by atoms with E-state index in [9.17, 15) is 13.2 Å². The van der Waals surface area contributed by atoms with E-state index in [4.69, 9.17) is 16.3 Å². The summed E-state index contributed by atoms with van der Waals surface area (Å²) in [5.41, 5.74) is 3.66. The number of rotatable bonds is 6. The molecule has 0 fully saturated rings. The highest BCUT2D eigenvalue weighted by atomic mass is 35.5. The molecule has 2 aromatic carbocycles. The zero-order chi connectivity index (χ0) is 17.7. The largest absolute Gasteiger partial charge is 0.484 e. The van der Waals surface area contributed by atoms with E-state index in [0.29, 0.717) is 16.3 Å². The van der Waals surface area contributed by atoms with Crippen LogP contribution in [0, 0.1) is 13.8 Å². The van der Waals surface area contributed by atoms with E-state index >= 15 is 0 Å². The molecule has 1 amide bonds. The zero-order valence-corrected chi connectivity index (χ0v) is 14.7. The predicted octanol–water partition coefficient (Wildman–Crippen LogP) is 2.35. The minimum atomic E-state index is -3.85. The van der Waals surface area contributed by atoms with Crippen molar-refractivity contribution in [3.8, 4) is 5.75 Å². The smallest absolute Gasteiger partial charge is 0.272 e. The van der Waals surface area contributed by atoms with Gasteiger partial charge in [-0.25, -0.2) is 8.42 Å². The summed E-state index contributed by atoms with van der Waals surface area (Å²) in [4.78, 5) is 13.9. The Labute approximate surface area is 145 Å². The lowest BCUT2D eigenvalue weighted by molar-refractivity contribution is -0.123. The Balaban J connectivity index is 1.91. The van der Waals surface area contributed by atoms with Gasteiger partial charge in [-0.1, -0.05) is 29.3 Å². The van der Waals surface area contributed by atoms with Gasteiger partial charge in [0.25, 0.3) is 15.9 Å². The number of sulfonamides is 1. The average Bonchev–Trinajstić information content (AvgIpc) is 2.52. The average molecular weight is 369 g/mol. The van der Waals surface area contributed by atoms with Gasteiger partial charge in [0.1, 0.15) is 5.75 Å². The molecule has 8 heteroatoms. The summed E-state index contributed by atoms with van der Waals surface area (Å²) in [5.74, 6) is -0.176. The zero-order valence-electron chi connectivity index (χ0n) is 13.2. The van der Waals surface area contributed by atoms with Gasteiger partial charge < -0.3 is 4.74 Å². The normalized spacial score (nSPS) is 11.1. The number of carbonyl (C=O) groups is 1. The number of hydrazine groups is 1. The van der Waals surface area contributed by atoms with Crippen LogP contribution in [0.2, 0.25) is 5.02 Å². The first-order chi connectivity index (χ1) is 11.3. The van der Waals surface area contributed by atoms with Crippen LogP contribution in [-0.2, 0) is 14.8 Å². The van der Waals surface area contributed by atoms with E-state index in [1.54, 1.807) is 43.3 Å². The third-order valence-electron chi connectivity index (χ3n) is 3.13. The number of aryl methyl sites for hydroxylation is 2. The Hall–Kier alpha value is -2.09. The lowest BCUT2D eigenvalue weighted by atomic mass is 10.2. The number of halogens is 1. The van der Waals surface area contributed by atoms with Crippen LogP contribution in [0.25, 0.3) is 0 Å². The van der Waals surface area contributed by atoms with Gasteiger partial charge in [0, 0.05) is 5.02 Å². The highest BCUT2D eigenvalue weighted by Gasteiger charge is 2.17. The van der Waals surface area contributed by atoms with Crippen LogP contribution in [0.4, 0.5) is 0 Å². The van der Waals surface area contributed by atoms with Crippen molar-refractivity contribution >= 4 is 27.5 Å². The van der Waals surface area contributed by atoms with Crippen molar-refractivity contribution < 1.29 is 17.9 Å². The standard InChI is InChI=1S/C16H17ClN2O4S/c1-11-3-8-15(12(2)9-11)24(21,22)19-18-16(20)10-23-14-6-4-13(17)5-7-14/h3-9,19H,10H2,1-2H3,(H,18,20). The minimum Gasteiger partial charge on any atom is -0.484 e. The van der Waals surface area contributed by atoms with E-state index < -0.39 is 15.9 Å². The van der Waals surface area contributed by atoms with E-state index in [1.165, 1.54) is 6.07 Å². The van der Waals surface area contributed by atoms with Crippen molar-refractivity contribution in [1.29, 1.82) is 0 Å². The Morgan fingerprint density at radius 1 is 1.12 bits per heavy atom. The monoisotopic (exact) mass is 368 g/mol. The summed E-state index contributed by atoms with van der Waals surface area (Å²) in [6.07, 6.45) is 0. The maximum atomic E-state index is 12.2. The lowest BCUT2D eigenvalue weighted by Crippen LogP contribution is -2.43. The lowest BCUT2D eigenvalue weighted by Gasteiger charge is -2.11. The summed E-state index contributed by atoms with van der Waals surface area (Å²) >= 11 is 5.74. The third-order valence-corrected chi connectivity index (χ3v) is 4.79. The maximum Gasteiger partial charge on any atom is 0.272 e. The number of hydrogen-bond acceptors (Lipinski definition) is 4. The fraction of sp³-hybridized carbons (Fsp3) is 0.188. The molecule has 2 rings (SSSR count). The van der Waals surface area contributed by atoms with E-state index in [0.717, 1.165) is 5.56 Å². The second-order valence-corrected chi connectivity index (χ2v) is 7.25. The van der Waals surface area contributed by atoms with Crippen LogP contribution in [0.3, 0.4) is 0 Å². The quantitative estimate of drug-likeness (QED) is 0.766. The molecule has 0 radical (unpaired) electrons. The van der Waals surface area contributed by atoms with Crippen LogP contribution < -0.4 is 15.0 Å². The molecule has 0 aliphatic heterocycles. The minimum absolute atomic E-state index is 0.104. The van der Waals surface area contributed by atoms with Gasteiger partial charge in [-0.2, -0.15) is 0 Å². The number of carbonyl (C=O) groups excluding carboxylic acids is 1. The summed E-state index contributed by atoms with van der Waals surface area (Å²) in [6, 6.07) is 11.4. The van der Waals surface area contributed by atoms with E-state index in [-0.39, 0.29) is 11.5 Å². The van der Waals surface area contributed by atoms with Gasteiger partial charge in [0.2, 0.25) is 0 Å². The SMILES string of the molecule is Cc1ccc(S(=O)(=O)NNC(=O)COc2ccc(Cl)cc2)c(C)c1. The second kappa shape index (κ2) is 7.65. The topological polar surface area (TPSA) is 84.5 Å². The first-order valence-electron chi connectivity index (χ1n) is 7.04. The molecule has 0 unspecified atom stereocenters. The van der Waals surface area contributed by atoms with Crippen molar-refractivity contribution in [1.82, 2.24) is 10.3 Å². The Morgan fingerprint density at radius 3 is 2.42 bits per heavy atom. The molecular weight excluding hydrogens is 352 g/mol. The molecule has 24 heavy (non-hydrogen) atoms. The summed E-state index contributed by atoms with van der Waals surface area (Å²) in [5, 5.41) is 0.549. The first-order valence-corrected chi connectivity index (χ1v) is 8.90. The first kappa shape index (κ1) is 18.3. The van der Waals surface area contributed by atoms with Gasteiger partial charge in [-0.05, 0) is 49.7 Å².